The van der Waals surface area contributed by atoms with Crippen LogP contribution in [0, 0.1) is 5.41 Å². The zero-order chi connectivity index (χ0) is 15.0. The number of likely N-dealkylation sites (tertiary alicyclic amines) is 1. The van der Waals surface area contributed by atoms with Crippen molar-refractivity contribution >= 4 is 5.97 Å². The number of rotatable bonds is 3. The van der Waals surface area contributed by atoms with Crippen LogP contribution >= 0.6 is 0 Å². The van der Waals surface area contributed by atoms with E-state index in [0.29, 0.717) is 6.54 Å². The van der Waals surface area contributed by atoms with Gasteiger partial charge >= 0.3 is 5.97 Å². The molecule has 0 spiro atoms. The van der Waals surface area contributed by atoms with Crippen molar-refractivity contribution in [2.24, 2.45) is 5.41 Å². The second-order valence-corrected chi connectivity index (χ2v) is 5.74. The molecule has 0 N–H and O–H groups in total. The average molecular weight is 283 g/mol. The summed E-state index contributed by atoms with van der Waals surface area (Å²) >= 11 is 0. The van der Waals surface area contributed by atoms with Crippen molar-refractivity contribution in [2.75, 3.05) is 13.7 Å². The highest BCUT2D eigenvalue weighted by Gasteiger charge is 2.63. The summed E-state index contributed by atoms with van der Waals surface area (Å²) in [5.41, 5.74) is -0.551. The van der Waals surface area contributed by atoms with Gasteiger partial charge in [0.1, 0.15) is 6.04 Å². The van der Waals surface area contributed by atoms with E-state index in [0.717, 1.165) is 5.56 Å². The predicted molar refractivity (Wildman–Crippen MR) is 71.4 cm³/mol. The molecule has 1 atom stereocenters. The molecule has 3 nitrogen and oxygen atoms in total. The number of hydrogen-bond donors (Lipinski definition) is 0. The van der Waals surface area contributed by atoms with Gasteiger partial charge in [0, 0.05) is 6.54 Å². The number of carbonyl (C=O) groups is 1. The number of benzene rings is 1. The minimum absolute atomic E-state index is 0.305. The lowest BCUT2D eigenvalue weighted by atomic mass is 9.81. The van der Waals surface area contributed by atoms with Gasteiger partial charge in [-0.05, 0) is 5.56 Å². The number of carbonyl (C=O) groups excluding carboxylic acids is 1. The summed E-state index contributed by atoms with van der Waals surface area (Å²) in [6, 6.07) is 8.34. The van der Waals surface area contributed by atoms with Crippen molar-refractivity contribution in [3.8, 4) is 0 Å². The summed E-state index contributed by atoms with van der Waals surface area (Å²) < 4.78 is 33.1. The number of halogens is 2. The normalized spacial score (nSPS) is 24.6. The number of methoxy groups -OCH3 is 1. The monoisotopic (exact) mass is 283 g/mol. The first-order valence-corrected chi connectivity index (χ1v) is 6.53. The lowest BCUT2D eigenvalue weighted by Crippen LogP contribution is -2.46. The molecule has 5 heteroatoms. The van der Waals surface area contributed by atoms with Gasteiger partial charge in [0.05, 0.1) is 19.1 Å². The molecule has 0 saturated carbocycles. The molecule has 0 aliphatic carbocycles. The SMILES string of the molecule is COC(=O)[C@@H]1N(Cc2ccccc2)CC(F)(F)C1(C)C. The smallest absolute Gasteiger partial charge is 0.323 e. The second-order valence-electron chi connectivity index (χ2n) is 5.74. The molecule has 1 aliphatic rings. The second kappa shape index (κ2) is 5.13. The van der Waals surface area contributed by atoms with Gasteiger partial charge in [0.25, 0.3) is 5.92 Å². The molecule has 1 saturated heterocycles. The Morgan fingerprint density at radius 3 is 2.50 bits per heavy atom. The average Bonchev–Trinajstić information content (AvgIpc) is 2.55. The molecule has 2 rings (SSSR count). The third-order valence-corrected chi connectivity index (χ3v) is 4.05. The van der Waals surface area contributed by atoms with Crippen LogP contribution in [0.3, 0.4) is 0 Å². The first-order chi connectivity index (χ1) is 9.29. The highest BCUT2D eigenvalue weighted by Crippen LogP contribution is 2.48. The van der Waals surface area contributed by atoms with Gasteiger partial charge < -0.3 is 4.74 Å². The molecule has 1 fully saturated rings. The molecule has 1 aromatic rings. The van der Waals surface area contributed by atoms with Crippen LogP contribution in [0.15, 0.2) is 30.3 Å². The number of hydrogen-bond acceptors (Lipinski definition) is 3. The topological polar surface area (TPSA) is 29.5 Å². The quantitative estimate of drug-likeness (QED) is 0.799. The van der Waals surface area contributed by atoms with Crippen LogP contribution in [-0.4, -0.2) is 36.5 Å². The number of ether oxygens (including phenoxy) is 1. The Morgan fingerprint density at radius 1 is 1.35 bits per heavy atom. The lowest BCUT2D eigenvalue weighted by molar-refractivity contribution is -0.153. The summed E-state index contributed by atoms with van der Waals surface area (Å²) in [7, 11) is 1.23. The molecule has 0 unspecified atom stereocenters. The third-order valence-electron chi connectivity index (χ3n) is 4.05. The molecule has 0 radical (unpaired) electrons. The van der Waals surface area contributed by atoms with Crippen molar-refractivity contribution < 1.29 is 18.3 Å². The fourth-order valence-electron chi connectivity index (χ4n) is 2.73. The minimum Gasteiger partial charge on any atom is -0.468 e. The summed E-state index contributed by atoms with van der Waals surface area (Å²) in [4.78, 5) is 13.4. The molecule has 0 aromatic heterocycles. The van der Waals surface area contributed by atoms with Crippen molar-refractivity contribution in [3.63, 3.8) is 0 Å². The summed E-state index contributed by atoms with van der Waals surface area (Å²) in [5.74, 6) is -3.54. The molecular formula is C15H19F2NO2. The van der Waals surface area contributed by atoms with E-state index in [2.05, 4.69) is 0 Å². The molecule has 20 heavy (non-hydrogen) atoms. The van der Waals surface area contributed by atoms with Crippen LogP contribution in [0.4, 0.5) is 8.78 Å². The number of esters is 1. The van der Waals surface area contributed by atoms with E-state index in [-0.39, 0.29) is 0 Å². The maximum atomic E-state index is 14.2. The number of nitrogens with zero attached hydrogens (tertiary/aromatic N) is 1. The Morgan fingerprint density at radius 2 is 1.95 bits per heavy atom. The molecule has 110 valence electrons. The highest BCUT2D eigenvalue weighted by atomic mass is 19.3. The van der Waals surface area contributed by atoms with Crippen LogP contribution in [-0.2, 0) is 16.1 Å². The minimum atomic E-state index is -2.93. The molecule has 1 heterocycles. The van der Waals surface area contributed by atoms with E-state index in [1.165, 1.54) is 25.9 Å². The van der Waals surface area contributed by atoms with Gasteiger partial charge in [-0.25, -0.2) is 8.78 Å². The number of alkyl halides is 2. The molecular weight excluding hydrogens is 264 g/mol. The van der Waals surface area contributed by atoms with Gasteiger partial charge in [-0.1, -0.05) is 44.2 Å². The maximum absolute atomic E-state index is 14.2. The molecule has 0 amide bonds. The van der Waals surface area contributed by atoms with E-state index in [1.807, 2.05) is 30.3 Å². The van der Waals surface area contributed by atoms with E-state index in [1.54, 1.807) is 0 Å². The third kappa shape index (κ3) is 2.42. The molecule has 1 aliphatic heterocycles. The fraction of sp³-hybridized carbons (Fsp3) is 0.533. The predicted octanol–water partition coefficient (Wildman–Crippen LogP) is 2.71. The summed E-state index contributed by atoms with van der Waals surface area (Å²) in [6.45, 7) is 2.70. The first kappa shape index (κ1) is 14.9. The Balaban J connectivity index is 2.29. The van der Waals surface area contributed by atoms with Crippen LogP contribution in [0.25, 0.3) is 0 Å². The Kier molecular flexibility index (Phi) is 3.82. The lowest BCUT2D eigenvalue weighted by Gasteiger charge is -2.31. The Bertz CT molecular complexity index is 488. The maximum Gasteiger partial charge on any atom is 0.323 e. The van der Waals surface area contributed by atoms with E-state index < -0.39 is 29.9 Å². The van der Waals surface area contributed by atoms with Crippen molar-refractivity contribution in [3.05, 3.63) is 35.9 Å². The largest absolute Gasteiger partial charge is 0.468 e. The van der Waals surface area contributed by atoms with Gasteiger partial charge in [-0.15, -0.1) is 0 Å². The van der Waals surface area contributed by atoms with Crippen molar-refractivity contribution in [1.82, 2.24) is 4.90 Å². The summed E-state index contributed by atoms with van der Waals surface area (Å²) in [6.07, 6.45) is 0. The molecule has 1 aromatic carbocycles. The zero-order valence-electron chi connectivity index (χ0n) is 11.9. The highest BCUT2D eigenvalue weighted by molar-refractivity contribution is 5.77. The fourth-order valence-corrected chi connectivity index (χ4v) is 2.73. The van der Waals surface area contributed by atoms with Gasteiger partial charge in [-0.2, -0.15) is 0 Å². The summed E-state index contributed by atoms with van der Waals surface area (Å²) in [5, 5.41) is 0. The van der Waals surface area contributed by atoms with E-state index >= 15 is 0 Å². The molecule has 0 bridgehead atoms. The van der Waals surface area contributed by atoms with Crippen LogP contribution < -0.4 is 0 Å². The first-order valence-electron chi connectivity index (χ1n) is 6.53. The standard InChI is InChI=1S/C15H19F2NO2/c1-14(2)12(13(19)20-3)18(10-15(14,16)17)9-11-7-5-4-6-8-11/h4-8,12H,9-10H2,1-3H3/t12-/m0/s1. The van der Waals surface area contributed by atoms with Gasteiger partial charge in [-0.3, -0.25) is 9.69 Å². The van der Waals surface area contributed by atoms with E-state index in [9.17, 15) is 13.6 Å². The zero-order valence-corrected chi connectivity index (χ0v) is 11.9. The van der Waals surface area contributed by atoms with E-state index in [4.69, 9.17) is 4.74 Å². The Labute approximate surface area is 117 Å². The van der Waals surface area contributed by atoms with Crippen LogP contribution in [0.5, 0.6) is 0 Å². The van der Waals surface area contributed by atoms with Crippen molar-refractivity contribution in [2.45, 2.75) is 32.4 Å². The van der Waals surface area contributed by atoms with Crippen LogP contribution in [0.1, 0.15) is 19.4 Å². The van der Waals surface area contributed by atoms with Gasteiger partial charge in [0.2, 0.25) is 0 Å². The van der Waals surface area contributed by atoms with Crippen LogP contribution in [0.2, 0.25) is 0 Å². The Hall–Kier alpha value is -1.49. The van der Waals surface area contributed by atoms with Gasteiger partial charge in [0.15, 0.2) is 0 Å². The van der Waals surface area contributed by atoms with Crippen molar-refractivity contribution in [1.29, 1.82) is 0 Å².